The van der Waals surface area contributed by atoms with Gasteiger partial charge in [0.1, 0.15) is 0 Å². The van der Waals surface area contributed by atoms with E-state index in [0.717, 1.165) is 5.06 Å². The van der Waals surface area contributed by atoms with Crippen LogP contribution in [0.15, 0.2) is 60.7 Å². The van der Waals surface area contributed by atoms with Gasteiger partial charge in [0.05, 0.1) is 7.11 Å². The number of hydroxylamine groups is 2. The summed E-state index contributed by atoms with van der Waals surface area (Å²) in [7, 11) is 2.85. The summed E-state index contributed by atoms with van der Waals surface area (Å²) < 4.78 is 0. The van der Waals surface area contributed by atoms with Gasteiger partial charge in [0.15, 0.2) is 5.60 Å². The number of carbonyl (C=O) groups is 1. The van der Waals surface area contributed by atoms with Crippen LogP contribution in [0, 0.1) is 0 Å². The van der Waals surface area contributed by atoms with E-state index in [1.807, 2.05) is 12.1 Å². The second-order valence-electron chi connectivity index (χ2n) is 4.43. The molecule has 0 saturated heterocycles. The zero-order valence-corrected chi connectivity index (χ0v) is 11.5. The topological polar surface area (TPSA) is 49.8 Å². The van der Waals surface area contributed by atoms with Crippen LogP contribution in [-0.4, -0.2) is 30.2 Å². The smallest absolute Gasteiger partial charge is 0.287 e. The highest BCUT2D eigenvalue weighted by Crippen LogP contribution is 2.31. The molecule has 4 heteroatoms. The fourth-order valence-electron chi connectivity index (χ4n) is 2.08. The first-order valence-corrected chi connectivity index (χ1v) is 6.26. The number of amides is 1. The van der Waals surface area contributed by atoms with Crippen molar-refractivity contribution in [1.29, 1.82) is 0 Å². The summed E-state index contributed by atoms with van der Waals surface area (Å²) in [5.41, 5.74) is -0.770. The SMILES string of the molecule is CON(C)C(=O)C(O)(c1ccccc1)c1ccccc1. The molecular weight excluding hydrogens is 254 g/mol. The maximum absolute atomic E-state index is 12.5. The Morgan fingerprint density at radius 3 is 1.75 bits per heavy atom. The first kappa shape index (κ1) is 14.2. The van der Waals surface area contributed by atoms with Crippen molar-refractivity contribution in [3.8, 4) is 0 Å². The minimum atomic E-state index is -1.77. The Morgan fingerprint density at radius 1 is 1.00 bits per heavy atom. The van der Waals surface area contributed by atoms with Crippen LogP contribution >= 0.6 is 0 Å². The molecule has 0 bridgehead atoms. The lowest BCUT2D eigenvalue weighted by atomic mass is 9.85. The van der Waals surface area contributed by atoms with Crippen molar-refractivity contribution < 1.29 is 14.7 Å². The standard InChI is InChI=1S/C16H17NO3/c1-17(20-2)15(18)16(19,13-9-5-3-6-10-13)14-11-7-4-8-12-14/h3-12,19H,1-2H3. The van der Waals surface area contributed by atoms with E-state index in [1.54, 1.807) is 48.5 Å². The molecule has 2 aromatic rings. The number of carbonyl (C=O) groups excluding carboxylic acids is 1. The van der Waals surface area contributed by atoms with Gasteiger partial charge in [-0.1, -0.05) is 60.7 Å². The van der Waals surface area contributed by atoms with E-state index in [1.165, 1.54) is 14.2 Å². The van der Waals surface area contributed by atoms with Crippen LogP contribution in [-0.2, 0) is 15.2 Å². The van der Waals surface area contributed by atoms with Gasteiger partial charge < -0.3 is 5.11 Å². The molecule has 20 heavy (non-hydrogen) atoms. The van der Waals surface area contributed by atoms with Crippen LogP contribution in [0.2, 0.25) is 0 Å². The van der Waals surface area contributed by atoms with Gasteiger partial charge in [-0.2, -0.15) is 0 Å². The first-order valence-electron chi connectivity index (χ1n) is 6.26. The van der Waals surface area contributed by atoms with Gasteiger partial charge in [-0.3, -0.25) is 9.63 Å². The lowest BCUT2D eigenvalue weighted by molar-refractivity contribution is -0.185. The van der Waals surface area contributed by atoms with Crippen LogP contribution in [0.3, 0.4) is 0 Å². The molecule has 0 radical (unpaired) electrons. The van der Waals surface area contributed by atoms with Crippen molar-refractivity contribution in [1.82, 2.24) is 5.06 Å². The Bertz CT molecular complexity index is 529. The molecule has 4 nitrogen and oxygen atoms in total. The van der Waals surface area contributed by atoms with E-state index in [-0.39, 0.29) is 0 Å². The quantitative estimate of drug-likeness (QED) is 0.865. The van der Waals surface area contributed by atoms with Gasteiger partial charge >= 0.3 is 0 Å². The fraction of sp³-hybridized carbons (Fsp3) is 0.188. The summed E-state index contributed by atoms with van der Waals surface area (Å²) in [6, 6.07) is 17.7. The van der Waals surface area contributed by atoms with Crippen LogP contribution in [0.5, 0.6) is 0 Å². The monoisotopic (exact) mass is 271 g/mol. The molecule has 0 spiro atoms. The summed E-state index contributed by atoms with van der Waals surface area (Å²) in [5.74, 6) is -0.544. The lowest BCUT2D eigenvalue weighted by Gasteiger charge is -2.31. The van der Waals surface area contributed by atoms with Crippen LogP contribution < -0.4 is 0 Å². The third-order valence-corrected chi connectivity index (χ3v) is 3.25. The Labute approximate surface area is 118 Å². The van der Waals surface area contributed by atoms with Crippen molar-refractivity contribution >= 4 is 5.91 Å². The van der Waals surface area contributed by atoms with Crippen LogP contribution in [0.4, 0.5) is 0 Å². The zero-order valence-electron chi connectivity index (χ0n) is 11.5. The van der Waals surface area contributed by atoms with E-state index in [0.29, 0.717) is 11.1 Å². The average Bonchev–Trinajstić information content (AvgIpc) is 2.54. The predicted octanol–water partition coefficient (Wildman–Crippen LogP) is 1.94. The maximum atomic E-state index is 12.5. The molecule has 0 aliphatic heterocycles. The third kappa shape index (κ3) is 2.43. The molecule has 0 aliphatic carbocycles. The number of hydrogen-bond acceptors (Lipinski definition) is 3. The molecule has 0 aromatic heterocycles. The molecule has 2 rings (SSSR count). The van der Waals surface area contributed by atoms with E-state index >= 15 is 0 Å². The average molecular weight is 271 g/mol. The molecule has 0 fully saturated rings. The predicted molar refractivity (Wildman–Crippen MR) is 75.7 cm³/mol. The van der Waals surface area contributed by atoms with Crippen LogP contribution in [0.25, 0.3) is 0 Å². The number of benzene rings is 2. The maximum Gasteiger partial charge on any atom is 0.287 e. The summed E-state index contributed by atoms with van der Waals surface area (Å²) in [5, 5.41) is 12.1. The minimum absolute atomic E-state index is 0.500. The highest BCUT2D eigenvalue weighted by Gasteiger charge is 2.42. The summed E-state index contributed by atoms with van der Waals surface area (Å²) in [6.07, 6.45) is 0. The van der Waals surface area contributed by atoms with Gasteiger partial charge in [-0.25, -0.2) is 5.06 Å². The van der Waals surface area contributed by atoms with Crippen molar-refractivity contribution in [3.63, 3.8) is 0 Å². The Morgan fingerprint density at radius 2 is 1.40 bits per heavy atom. The number of likely N-dealkylation sites (N-methyl/N-ethyl adjacent to an activating group) is 1. The van der Waals surface area contributed by atoms with Crippen molar-refractivity contribution in [2.24, 2.45) is 0 Å². The fourth-order valence-corrected chi connectivity index (χ4v) is 2.08. The molecular formula is C16H17NO3. The number of hydrogen-bond donors (Lipinski definition) is 1. The van der Waals surface area contributed by atoms with Gasteiger partial charge in [0.2, 0.25) is 0 Å². The van der Waals surface area contributed by atoms with Crippen molar-refractivity contribution in [2.75, 3.05) is 14.2 Å². The third-order valence-electron chi connectivity index (χ3n) is 3.25. The minimum Gasteiger partial charge on any atom is -0.372 e. The number of aliphatic hydroxyl groups is 1. The highest BCUT2D eigenvalue weighted by molar-refractivity contribution is 5.89. The van der Waals surface area contributed by atoms with Gasteiger partial charge in [-0.05, 0) is 11.1 Å². The van der Waals surface area contributed by atoms with Crippen molar-refractivity contribution in [3.05, 3.63) is 71.8 Å². The first-order chi connectivity index (χ1) is 9.60. The molecule has 104 valence electrons. The lowest BCUT2D eigenvalue weighted by Crippen LogP contribution is -2.45. The van der Waals surface area contributed by atoms with E-state index in [9.17, 15) is 9.90 Å². The molecule has 0 aliphatic rings. The molecule has 0 saturated carbocycles. The van der Waals surface area contributed by atoms with Crippen molar-refractivity contribution in [2.45, 2.75) is 5.60 Å². The summed E-state index contributed by atoms with van der Waals surface area (Å²) in [4.78, 5) is 17.5. The van der Waals surface area contributed by atoms with E-state index < -0.39 is 11.5 Å². The normalized spacial score (nSPS) is 11.2. The Kier molecular flexibility index (Phi) is 4.17. The zero-order chi connectivity index (χ0) is 14.6. The van der Waals surface area contributed by atoms with E-state index in [4.69, 9.17) is 4.84 Å². The molecule has 0 heterocycles. The number of rotatable bonds is 4. The van der Waals surface area contributed by atoms with Gasteiger partial charge in [-0.15, -0.1) is 0 Å². The largest absolute Gasteiger partial charge is 0.372 e. The van der Waals surface area contributed by atoms with Crippen LogP contribution in [0.1, 0.15) is 11.1 Å². The number of nitrogens with zero attached hydrogens (tertiary/aromatic N) is 1. The second-order valence-corrected chi connectivity index (χ2v) is 4.43. The molecule has 0 atom stereocenters. The summed E-state index contributed by atoms with van der Waals surface area (Å²) >= 11 is 0. The Balaban J connectivity index is 2.58. The molecule has 2 aromatic carbocycles. The molecule has 0 unspecified atom stereocenters. The molecule has 1 N–H and O–H groups in total. The highest BCUT2D eigenvalue weighted by atomic mass is 16.7. The summed E-state index contributed by atoms with van der Waals surface area (Å²) in [6.45, 7) is 0. The van der Waals surface area contributed by atoms with Gasteiger partial charge in [0.25, 0.3) is 5.91 Å². The van der Waals surface area contributed by atoms with Gasteiger partial charge in [0, 0.05) is 7.05 Å². The Hall–Kier alpha value is -2.17. The second kappa shape index (κ2) is 5.86. The molecule has 1 amide bonds. The van der Waals surface area contributed by atoms with E-state index in [2.05, 4.69) is 0 Å².